The van der Waals surface area contributed by atoms with Crippen LogP contribution in [0.5, 0.6) is 11.5 Å². The van der Waals surface area contributed by atoms with E-state index in [9.17, 15) is 0 Å². The summed E-state index contributed by atoms with van der Waals surface area (Å²) in [6.07, 6.45) is 5.28. The highest BCUT2D eigenvalue weighted by molar-refractivity contribution is 5.94. The summed E-state index contributed by atoms with van der Waals surface area (Å²) in [4.78, 5) is 6.94. The molecule has 0 aliphatic carbocycles. The molecule has 1 saturated heterocycles. The van der Waals surface area contributed by atoms with Crippen LogP contribution in [0.2, 0.25) is 0 Å². The third kappa shape index (κ3) is 6.82. The Balaban J connectivity index is 1.92. The van der Waals surface area contributed by atoms with Gasteiger partial charge < -0.3 is 25.4 Å². The van der Waals surface area contributed by atoms with Crippen LogP contribution in [0.15, 0.2) is 23.2 Å². The number of nitrogens with one attached hydrogen (secondary N) is 1. The van der Waals surface area contributed by atoms with Crippen LogP contribution in [-0.4, -0.2) is 50.3 Å². The topological polar surface area (TPSA) is 72.1 Å². The van der Waals surface area contributed by atoms with Crippen molar-refractivity contribution in [3.8, 4) is 11.5 Å². The van der Waals surface area contributed by atoms with Crippen molar-refractivity contribution in [1.82, 2.24) is 4.90 Å². The van der Waals surface area contributed by atoms with Crippen molar-refractivity contribution in [2.24, 2.45) is 10.7 Å². The fourth-order valence-corrected chi connectivity index (χ4v) is 2.99. The maximum atomic E-state index is 6.07. The van der Waals surface area contributed by atoms with Gasteiger partial charge in [0.25, 0.3) is 0 Å². The molecular weight excluding hydrogens is 316 g/mol. The molecule has 1 aliphatic rings. The van der Waals surface area contributed by atoms with Crippen LogP contribution in [0.1, 0.15) is 39.5 Å². The second-order valence-electron chi connectivity index (χ2n) is 6.17. The van der Waals surface area contributed by atoms with Crippen molar-refractivity contribution in [3.63, 3.8) is 0 Å². The summed E-state index contributed by atoms with van der Waals surface area (Å²) >= 11 is 0. The van der Waals surface area contributed by atoms with Gasteiger partial charge in [0, 0.05) is 12.6 Å². The molecule has 0 amide bonds. The number of nitrogens with zero attached hydrogens (tertiary/aromatic N) is 2. The molecule has 6 heteroatoms. The first-order valence-corrected chi connectivity index (χ1v) is 9.42. The molecular formula is C19H32N4O2. The van der Waals surface area contributed by atoms with E-state index in [-0.39, 0.29) is 0 Å². The molecule has 0 atom stereocenters. The number of hydrogen-bond donors (Lipinski definition) is 2. The minimum Gasteiger partial charge on any atom is -0.494 e. The lowest BCUT2D eigenvalue weighted by Crippen LogP contribution is -2.29. The lowest BCUT2D eigenvalue weighted by Gasteiger charge is -2.18. The Bertz CT molecular complexity index is 540. The Labute approximate surface area is 151 Å². The van der Waals surface area contributed by atoms with Gasteiger partial charge in [0.1, 0.15) is 11.5 Å². The normalized spacial score (nSPS) is 16.3. The molecule has 3 N–H and O–H groups in total. The minimum atomic E-state index is 0.407. The highest BCUT2D eigenvalue weighted by Gasteiger charge is 2.09. The molecule has 0 bridgehead atoms. The van der Waals surface area contributed by atoms with Crippen molar-refractivity contribution in [3.05, 3.63) is 18.2 Å². The molecule has 1 fully saturated rings. The molecule has 1 aromatic carbocycles. The largest absolute Gasteiger partial charge is 0.494 e. The van der Waals surface area contributed by atoms with Crippen LogP contribution in [0.3, 0.4) is 0 Å². The van der Waals surface area contributed by atoms with E-state index in [2.05, 4.69) is 15.2 Å². The number of hydrogen-bond acceptors (Lipinski definition) is 4. The number of likely N-dealkylation sites (tertiary alicyclic amines) is 1. The highest BCUT2D eigenvalue weighted by Crippen LogP contribution is 2.29. The van der Waals surface area contributed by atoms with Crippen LogP contribution in [0.25, 0.3) is 0 Å². The van der Waals surface area contributed by atoms with E-state index in [4.69, 9.17) is 15.2 Å². The van der Waals surface area contributed by atoms with E-state index in [1.165, 1.54) is 38.8 Å². The first-order valence-electron chi connectivity index (χ1n) is 9.42. The maximum absolute atomic E-state index is 6.07. The van der Waals surface area contributed by atoms with Gasteiger partial charge in [0.15, 0.2) is 5.96 Å². The SMILES string of the molecule is CCOc1ccc(OCC)c(NC(N)=NCCN2CCCCCC2)c1. The van der Waals surface area contributed by atoms with Crippen molar-refractivity contribution in [2.75, 3.05) is 44.7 Å². The van der Waals surface area contributed by atoms with Gasteiger partial charge in [0.05, 0.1) is 25.4 Å². The molecule has 1 heterocycles. The Morgan fingerprint density at radius 1 is 1.12 bits per heavy atom. The lowest BCUT2D eigenvalue weighted by molar-refractivity contribution is 0.293. The Morgan fingerprint density at radius 3 is 2.52 bits per heavy atom. The highest BCUT2D eigenvalue weighted by atomic mass is 16.5. The predicted octanol–water partition coefficient (Wildman–Crippen LogP) is 3.09. The van der Waals surface area contributed by atoms with E-state index in [0.717, 1.165) is 23.7 Å². The summed E-state index contributed by atoms with van der Waals surface area (Å²) in [6, 6.07) is 5.68. The van der Waals surface area contributed by atoms with Gasteiger partial charge in [-0.3, -0.25) is 4.99 Å². The van der Waals surface area contributed by atoms with Crippen LogP contribution in [0, 0.1) is 0 Å². The molecule has 25 heavy (non-hydrogen) atoms. The predicted molar refractivity (Wildman–Crippen MR) is 104 cm³/mol. The van der Waals surface area contributed by atoms with Crippen molar-refractivity contribution in [2.45, 2.75) is 39.5 Å². The average Bonchev–Trinajstić information content (AvgIpc) is 2.86. The molecule has 1 aromatic rings. The third-order valence-electron chi connectivity index (χ3n) is 4.22. The minimum absolute atomic E-state index is 0.407. The van der Waals surface area contributed by atoms with Crippen molar-refractivity contribution >= 4 is 11.6 Å². The summed E-state index contributed by atoms with van der Waals surface area (Å²) in [6.45, 7) is 9.14. The second kappa shape index (κ2) is 10.8. The summed E-state index contributed by atoms with van der Waals surface area (Å²) in [5, 5.41) is 3.15. The van der Waals surface area contributed by atoms with Gasteiger partial charge in [-0.15, -0.1) is 0 Å². The van der Waals surface area contributed by atoms with E-state index < -0.39 is 0 Å². The maximum Gasteiger partial charge on any atom is 0.193 e. The molecule has 2 rings (SSSR count). The quantitative estimate of drug-likeness (QED) is 0.558. The average molecular weight is 348 g/mol. The number of benzene rings is 1. The lowest BCUT2D eigenvalue weighted by atomic mass is 10.2. The summed E-state index contributed by atoms with van der Waals surface area (Å²) < 4.78 is 11.2. The van der Waals surface area contributed by atoms with E-state index >= 15 is 0 Å². The zero-order valence-corrected chi connectivity index (χ0v) is 15.6. The van der Waals surface area contributed by atoms with Crippen LogP contribution < -0.4 is 20.5 Å². The number of aliphatic imine (C=N–C) groups is 1. The van der Waals surface area contributed by atoms with Gasteiger partial charge >= 0.3 is 0 Å². The molecule has 0 aromatic heterocycles. The van der Waals surface area contributed by atoms with Gasteiger partial charge in [-0.25, -0.2) is 0 Å². The van der Waals surface area contributed by atoms with Gasteiger partial charge in [0.2, 0.25) is 0 Å². The smallest absolute Gasteiger partial charge is 0.193 e. The third-order valence-corrected chi connectivity index (χ3v) is 4.22. The molecule has 140 valence electrons. The molecule has 0 radical (unpaired) electrons. The fraction of sp³-hybridized carbons (Fsp3) is 0.632. The standard InChI is InChI=1S/C19H32N4O2/c1-3-24-16-9-10-18(25-4-2)17(15-16)22-19(20)21-11-14-23-12-7-5-6-8-13-23/h9-10,15H,3-8,11-14H2,1-2H3,(H3,20,21,22). The molecule has 1 aliphatic heterocycles. The van der Waals surface area contributed by atoms with Crippen LogP contribution in [-0.2, 0) is 0 Å². The van der Waals surface area contributed by atoms with Crippen LogP contribution in [0.4, 0.5) is 5.69 Å². The van der Waals surface area contributed by atoms with Crippen molar-refractivity contribution in [1.29, 1.82) is 0 Å². The second-order valence-corrected chi connectivity index (χ2v) is 6.17. The Hall–Kier alpha value is -1.95. The molecule has 0 saturated carbocycles. The van der Waals surface area contributed by atoms with Gasteiger partial charge in [-0.05, 0) is 51.9 Å². The summed E-state index contributed by atoms with van der Waals surface area (Å²) in [5.41, 5.74) is 6.85. The van der Waals surface area contributed by atoms with Crippen molar-refractivity contribution < 1.29 is 9.47 Å². The monoisotopic (exact) mass is 348 g/mol. The molecule has 0 spiro atoms. The van der Waals surface area contributed by atoms with Gasteiger partial charge in [-0.2, -0.15) is 0 Å². The van der Waals surface area contributed by atoms with E-state index in [1.807, 2.05) is 32.0 Å². The number of nitrogens with two attached hydrogens (primary N) is 1. The van der Waals surface area contributed by atoms with Crippen LogP contribution >= 0.6 is 0 Å². The molecule has 6 nitrogen and oxygen atoms in total. The zero-order chi connectivity index (χ0) is 17.9. The Kier molecular flexibility index (Phi) is 8.39. The number of ether oxygens (including phenoxy) is 2. The first kappa shape index (κ1) is 19.4. The zero-order valence-electron chi connectivity index (χ0n) is 15.6. The van der Waals surface area contributed by atoms with Gasteiger partial charge in [-0.1, -0.05) is 12.8 Å². The first-order chi connectivity index (χ1) is 12.2. The van der Waals surface area contributed by atoms with E-state index in [0.29, 0.717) is 25.7 Å². The number of guanidine groups is 1. The number of anilines is 1. The van der Waals surface area contributed by atoms with E-state index in [1.54, 1.807) is 0 Å². The fourth-order valence-electron chi connectivity index (χ4n) is 2.99. The molecule has 0 unspecified atom stereocenters. The summed E-state index contributed by atoms with van der Waals surface area (Å²) in [5.74, 6) is 1.94. The summed E-state index contributed by atoms with van der Waals surface area (Å²) in [7, 11) is 0. The Morgan fingerprint density at radius 2 is 1.84 bits per heavy atom. The number of rotatable bonds is 8.